The first kappa shape index (κ1) is 19.4. The van der Waals surface area contributed by atoms with Crippen molar-refractivity contribution in [2.75, 3.05) is 18.0 Å². The van der Waals surface area contributed by atoms with Gasteiger partial charge in [-0.05, 0) is 62.2 Å². The van der Waals surface area contributed by atoms with Crippen molar-refractivity contribution >= 4 is 49.3 Å². The summed E-state index contributed by atoms with van der Waals surface area (Å²) >= 11 is 0. The number of fused-ring (bicyclic) bond motifs is 4. The molecule has 0 saturated carbocycles. The predicted octanol–water partition coefficient (Wildman–Crippen LogP) is 5.08. The first-order valence-electron chi connectivity index (χ1n) is 10.9. The number of pyridine rings is 2. The van der Waals surface area contributed by atoms with Gasteiger partial charge in [-0.15, -0.1) is 0 Å². The van der Waals surface area contributed by atoms with Gasteiger partial charge in [0.25, 0.3) is 0 Å². The Hall–Kier alpha value is -3.60. The van der Waals surface area contributed by atoms with Gasteiger partial charge >= 0.3 is 0 Å². The molecular weight excluding hydrogens is 386 g/mol. The fourth-order valence-corrected chi connectivity index (χ4v) is 4.76. The van der Waals surface area contributed by atoms with E-state index in [2.05, 4.69) is 41.7 Å². The Balaban J connectivity index is 1.91. The Labute approximate surface area is 179 Å². The number of hydrogen-bond acceptors (Lipinski definition) is 3. The summed E-state index contributed by atoms with van der Waals surface area (Å²) in [5, 5.41) is 2.56. The Morgan fingerprint density at radius 3 is 2.03 bits per heavy atom. The van der Waals surface area contributed by atoms with Gasteiger partial charge in [0, 0.05) is 40.5 Å². The molecule has 0 radical (unpaired) electrons. The van der Waals surface area contributed by atoms with E-state index >= 15 is 0 Å². The zero-order valence-corrected chi connectivity index (χ0v) is 18.0. The minimum absolute atomic E-state index is 0.00511. The van der Waals surface area contributed by atoms with E-state index in [1.165, 1.54) is 0 Å². The lowest BCUT2D eigenvalue weighted by atomic mass is 9.99. The molecule has 31 heavy (non-hydrogen) atoms. The van der Waals surface area contributed by atoms with Gasteiger partial charge in [-0.25, -0.2) is 0 Å². The third-order valence-corrected chi connectivity index (χ3v) is 6.33. The number of nitrogens with zero attached hydrogens (tertiary/aromatic N) is 1. The summed E-state index contributed by atoms with van der Waals surface area (Å²) in [6.07, 6.45) is 0.771. The molecule has 3 aromatic carbocycles. The van der Waals surface area contributed by atoms with Crippen molar-refractivity contribution in [1.29, 1.82) is 0 Å². The van der Waals surface area contributed by atoms with E-state index in [0.717, 1.165) is 47.2 Å². The maximum absolute atomic E-state index is 13.7. The van der Waals surface area contributed by atoms with E-state index in [1.807, 2.05) is 36.4 Å². The largest absolute Gasteiger partial charge is 0.372 e. The Bertz CT molecular complexity index is 1590. The lowest BCUT2D eigenvalue weighted by molar-refractivity contribution is 0.858. The molecule has 5 nitrogen and oxygen atoms in total. The van der Waals surface area contributed by atoms with Crippen LogP contribution in [0, 0.1) is 0 Å². The summed E-state index contributed by atoms with van der Waals surface area (Å²) in [7, 11) is 0. The summed E-state index contributed by atoms with van der Waals surface area (Å²) in [4.78, 5) is 35.8. The Morgan fingerprint density at radius 2 is 1.35 bits per heavy atom. The Morgan fingerprint density at radius 1 is 0.710 bits per heavy atom. The van der Waals surface area contributed by atoms with Crippen LogP contribution in [0.3, 0.4) is 0 Å². The standard InChI is InChI=1S/C26H25N3O2/c1-4-15-23(29(5-2)6-3)12-11-20-24(15)26(31)18-14-21-17(13-22(18)28-20)25(30)16-9-7-8-10-19(16)27-21/h7-14H,4-6H2,1-3H3,(H,27,30)(H,28,31). The molecule has 0 aliphatic carbocycles. The van der Waals surface area contributed by atoms with Crippen LogP contribution in [0.25, 0.3) is 43.6 Å². The maximum atomic E-state index is 13.7. The van der Waals surface area contributed by atoms with Gasteiger partial charge in [0.15, 0.2) is 10.9 Å². The molecule has 0 spiro atoms. The van der Waals surface area contributed by atoms with Crippen LogP contribution in [0.2, 0.25) is 0 Å². The second-order valence-corrected chi connectivity index (χ2v) is 7.91. The van der Waals surface area contributed by atoms with Crippen LogP contribution < -0.4 is 15.8 Å². The summed E-state index contributed by atoms with van der Waals surface area (Å²) in [5.41, 5.74) is 5.10. The van der Waals surface area contributed by atoms with Crippen molar-refractivity contribution in [3.05, 3.63) is 74.5 Å². The third-order valence-electron chi connectivity index (χ3n) is 6.33. The van der Waals surface area contributed by atoms with E-state index in [9.17, 15) is 9.59 Å². The van der Waals surface area contributed by atoms with Gasteiger partial charge in [-0.3, -0.25) is 9.59 Å². The lowest BCUT2D eigenvalue weighted by Crippen LogP contribution is -2.24. The average Bonchev–Trinajstić information content (AvgIpc) is 2.79. The molecule has 2 heterocycles. The smallest absolute Gasteiger partial charge is 0.197 e. The highest BCUT2D eigenvalue weighted by Crippen LogP contribution is 2.29. The van der Waals surface area contributed by atoms with Crippen LogP contribution in [-0.4, -0.2) is 23.1 Å². The third kappa shape index (κ3) is 2.84. The van der Waals surface area contributed by atoms with Crippen molar-refractivity contribution in [2.24, 2.45) is 0 Å². The zero-order chi connectivity index (χ0) is 21.7. The minimum atomic E-state index is -0.0293. The fourth-order valence-electron chi connectivity index (χ4n) is 4.76. The Kier molecular flexibility index (Phi) is 4.54. The van der Waals surface area contributed by atoms with E-state index in [4.69, 9.17) is 0 Å². The fraction of sp³-hybridized carbons (Fsp3) is 0.231. The van der Waals surface area contributed by atoms with Crippen LogP contribution in [0.4, 0.5) is 5.69 Å². The number of hydrogen-bond donors (Lipinski definition) is 2. The molecule has 0 amide bonds. The van der Waals surface area contributed by atoms with Crippen molar-refractivity contribution in [3.8, 4) is 0 Å². The molecule has 0 atom stereocenters. The molecule has 0 fully saturated rings. The normalized spacial score (nSPS) is 11.7. The van der Waals surface area contributed by atoms with Gasteiger partial charge in [-0.2, -0.15) is 0 Å². The SMILES string of the molecule is CCc1c(N(CC)CC)ccc2[nH]c3cc4c(=O)c5ccccc5[nH]c4cc3c(=O)c12. The second kappa shape index (κ2) is 7.27. The quantitative estimate of drug-likeness (QED) is 0.405. The summed E-state index contributed by atoms with van der Waals surface area (Å²) in [6, 6.07) is 15.2. The number of aryl methyl sites for hydroxylation is 1. The summed E-state index contributed by atoms with van der Waals surface area (Å²) < 4.78 is 0. The molecule has 5 heteroatoms. The molecule has 0 aliphatic heterocycles. The molecule has 5 aromatic rings. The predicted molar refractivity (Wildman–Crippen MR) is 131 cm³/mol. The number of benzene rings is 3. The van der Waals surface area contributed by atoms with Crippen LogP contribution >= 0.6 is 0 Å². The van der Waals surface area contributed by atoms with Gasteiger partial charge in [0.2, 0.25) is 0 Å². The summed E-state index contributed by atoms with van der Waals surface area (Å²) in [6.45, 7) is 8.13. The molecule has 5 rings (SSSR count). The number of aromatic nitrogens is 2. The molecule has 0 saturated heterocycles. The molecular formula is C26H25N3O2. The van der Waals surface area contributed by atoms with Gasteiger partial charge in [-0.1, -0.05) is 19.1 Å². The highest BCUT2D eigenvalue weighted by Gasteiger charge is 2.16. The van der Waals surface area contributed by atoms with E-state index in [0.29, 0.717) is 27.2 Å². The summed E-state index contributed by atoms with van der Waals surface area (Å²) in [5.74, 6) is 0. The van der Waals surface area contributed by atoms with Crippen molar-refractivity contribution in [2.45, 2.75) is 27.2 Å². The lowest BCUT2D eigenvalue weighted by Gasteiger charge is -2.25. The highest BCUT2D eigenvalue weighted by atomic mass is 16.1. The number of rotatable bonds is 4. The average molecular weight is 412 g/mol. The van der Waals surface area contributed by atoms with E-state index < -0.39 is 0 Å². The van der Waals surface area contributed by atoms with Crippen LogP contribution in [-0.2, 0) is 6.42 Å². The van der Waals surface area contributed by atoms with Crippen molar-refractivity contribution < 1.29 is 0 Å². The van der Waals surface area contributed by atoms with E-state index in [-0.39, 0.29) is 10.9 Å². The van der Waals surface area contributed by atoms with Crippen LogP contribution in [0.5, 0.6) is 0 Å². The maximum Gasteiger partial charge on any atom is 0.197 e. The van der Waals surface area contributed by atoms with Crippen molar-refractivity contribution in [1.82, 2.24) is 9.97 Å². The first-order valence-corrected chi connectivity index (χ1v) is 10.9. The number of anilines is 1. The van der Waals surface area contributed by atoms with Crippen LogP contribution in [0.15, 0.2) is 58.1 Å². The number of nitrogens with one attached hydrogen (secondary N) is 2. The minimum Gasteiger partial charge on any atom is -0.372 e. The molecule has 0 aliphatic rings. The van der Waals surface area contributed by atoms with Gasteiger partial charge in [0.1, 0.15) is 0 Å². The molecule has 156 valence electrons. The van der Waals surface area contributed by atoms with E-state index in [1.54, 1.807) is 6.07 Å². The number of H-pyrrole nitrogens is 2. The number of aromatic amines is 2. The zero-order valence-electron chi connectivity index (χ0n) is 18.0. The molecule has 2 aromatic heterocycles. The molecule has 0 unspecified atom stereocenters. The monoisotopic (exact) mass is 411 g/mol. The highest BCUT2D eigenvalue weighted by molar-refractivity contribution is 6.03. The van der Waals surface area contributed by atoms with Gasteiger partial charge < -0.3 is 14.9 Å². The topological polar surface area (TPSA) is 69.0 Å². The van der Waals surface area contributed by atoms with Crippen LogP contribution in [0.1, 0.15) is 26.3 Å². The second-order valence-electron chi connectivity index (χ2n) is 7.91. The molecule has 0 bridgehead atoms. The first-order chi connectivity index (χ1) is 15.1. The number of para-hydroxylation sites is 1. The van der Waals surface area contributed by atoms with Gasteiger partial charge in [0.05, 0.1) is 21.9 Å². The molecule has 2 N–H and O–H groups in total. The van der Waals surface area contributed by atoms with Crippen molar-refractivity contribution in [3.63, 3.8) is 0 Å².